The van der Waals surface area contributed by atoms with Crippen molar-refractivity contribution in [3.8, 4) is 5.75 Å². The van der Waals surface area contributed by atoms with Crippen LogP contribution < -0.4 is 10.5 Å². The van der Waals surface area contributed by atoms with Crippen LogP contribution in [0.1, 0.15) is 34.3 Å². The highest BCUT2D eigenvalue weighted by Crippen LogP contribution is 2.39. The molecule has 2 aromatic rings. The zero-order chi connectivity index (χ0) is 15.4. The Kier molecular flexibility index (Phi) is 5.65. The fourth-order valence-electron chi connectivity index (χ4n) is 2.36. The van der Waals surface area contributed by atoms with Crippen LogP contribution in [0.25, 0.3) is 0 Å². The molecular formula is C16H20ClNO2S. The fraction of sp³-hybridized carbons (Fsp3) is 0.375. The minimum Gasteiger partial charge on any atom is -0.496 e. The molecule has 3 nitrogen and oxygen atoms in total. The number of ether oxygens (including phenoxy) is 1. The van der Waals surface area contributed by atoms with Crippen molar-refractivity contribution in [2.24, 2.45) is 5.73 Å². The molecule has 1 heterocycles. The summed E-state index contributed by atoms with van der Waals surface area (Å²) >= 11 is 7.69. The van der Waals surface area contributed by atoms with Gasteiger partial charge in [0.05, 0.1) is 13.2 Å². The predicted octanol–water partition coefficient (Wildman–Crippen LogP) is 3.75. The van der Waals surface area contributed by atoms with Crippen LogP contribution in [0, 0.1) is 0 Å². The largest absolute Gasteiger partial charge is 0.496 e. The molecule has 5 heteroatoms. The number of rotatable bonds is 6. The van der Waals surface area contributed by atoms with Gasteiger partial charge in [0.25, 0.3) is 0 Å². The molecule has 0 bridgehead atoms. The molecular weight excluding hydrogens is 306 g/mol. The Morgan fingerprint density at radius 1 is 1.33 bits per heavy atom. The Hall–Kier alpha value is -1.07. The van der Waals surface area contributed by atoms with Crippen LogP contribution in [0.3, 0.4) is 0 Å². The number of halogens is 1. The molecule has 0 spiro atoms. The number of aliphatic hydroxyl groups excluding tert-OH is 1. The maximum atomic E-state index is 10.7. The summed E-state index contributed by atoms with van der Waals surface area (Å²) in [4.78, 5) is 2.17. The van der Waals surface area contributed by atoms with Gasteiger partial charge in [-0.2, -0.15) is 0 Å². The molecule has 2 unspecified atom stereocenters. The number of methoxy groups -OCH3 is 1. The van der Waals surface area contributed by atoms with Crippen molar-refractivity contribution in [3.05, 3.63) is 50.7 Å². The molecule has 0 aliphatic rings. The van der Waals surface area contributed by atoms with Gasteiger partial charge >= 0.3 is 0 Å². The average Bonchev–Trinajstić information content (AvgIpc) is 2.97. The number of aryl methyl sites for hydroxylation is 1. The molecule has 1 aromatic heterocycles. The molecule has 0 saturated carbocycles. The van der Waals surface area contributed by atoms with Gasteiger partial charge in [-0.25, -0.2) is 0 Å². The molecule has 2 rings (SSSR count). The fourth-order valence-corrected chi connectivity index (χ4v) is 3.55. The van der Waals surface area contributed by atoms with E-state index in [1.807, 2.05) is 18.2 Å². The lowest BCUT2D eigenvalue weighted by Crippen LogP contribution is -2.20. The molecule has 114 valence electrons. The summed E-state index contributed by atoms with van der Waals surface area (Å²) in [6.07, 6.45) is 0.304. The molecule has 0 saturated heterocycles. The maximum Gasteiger partial charge on any atom is 0.122 e. The van der Waals surface area contributed by atoms with Gasteiger partial charge in [-0.05, 0) is 36.8 Å². The third kappa shape index (κ3) is 3.58. The molecule has 0 radical (unpaired) electrons. The Morgan fingerprint density at radius 3 is 2.67 bits per heavy atom. The number of benzene rings is 1. The third-order valence-electron chi connectivity index (χ3n) is 3.55. The van der Waals surface area contributed by atoms with Gasteiger partial charge in [-0.15, -0.1) is 11.3 Å². The van der Waals surface area contributed by atoms with E-state index in [1.54, 1.807) is 30.6 Å². The van der Waals surface area contributed by atoms with E-state index in [0.29, 0.717) is 17.3 Å². The van der Waals surface area contributed by atoms with E-state index in [0.717, 1.165) is 16.9 Å². The monoisotopic (exact) mass is 325 g/mol. The summed E-state index contributed by atoms with van der Waals surface area (Å²) in [5.41, 5.74) is 6.74. The zero-order valence-electron chi connectivity index (χ0n) is 12.2. The second-order valence-electron chi connectivity index (χ2n) is 4.83. The summed E-state index contributed by atoms with van der Waals surface area (Å²) < 4.78 is 5.37. The normalized spacial score (nSPS) is 14.0. The molecule has 2 atom stereocenters. The van der Waals surface area contributed by atoms with Gasteiger partial charge in [0.15, 0.2) is 0 Å². The smallest absolute Gasteiger partial charge is 0.122 e. The zero-order valence-corrected chi connectivity index (χ0v) is 13.7. The van der Waals surface area contributed by atoms with Crippen molar-refractivity contribution in [1.82, 2.24) is 0 Å². The molecule has 1 aromatic carbocycles. The number of hydrogen-bond acceptors (Lipinski definition) is 4. The first-order chi connectivity index (χ1) is 10.1. The molecule has 0 aliphatic heterocycles. The van der Waals surface area contributed by atoms with E-state index in [-0.39, 0.29) is 5.92 Å². The van der Waals surface area contributed by atoms with Crippen LogP contribution in [-0.4, -0.2) is 18.8 Å². The summed E-state index contributed by atoms with van der Waals surface area (Å²) in [6.45, 7) is 2.42. The highest BCUT2D eigenvalue weighted by molar-refractivity contribution is 7.12. The van der Waals surface area contributed by atoms with E-state index >= 15 is 0 Å². The number of hydrogen-bond donors (Lipinski definition) is 2. The van der Waals surface area contributed by atoms with Gasteiger partial charge in [0.1, 0.15) is 5.75 Å². The van der Waals surface area contributed by atoms with Crippen molar-refractivity contribution in [2.45, 2.75) is 25.4 Å². The first-order valence-electron chi connectivity index (χ1n) is 6.90. The quantitative estimate of drug-likeness (QED) is 0.850. The molecule has 21 heavy (non-hydrogen) atoms. The summed E-state index contributed by atoms with van der Waals surface area (Å²) in [6, 6.07) is 9.40. The first-order valence-corrected chi connectivity index (χ1v) is 8.10. The molecule has 0 fully saturated rings. The Morgan fingerprint density at radius 2 is 2.10 bits per heavy atom. The minimum absolute atomic E-state index is 0.248. The van der Waals surface area contributed by atoms with Crippen molar-refractivity contribution in [3.63, 3.8) is 0 Å². The van der Waals surface area contributed by atoms with E-state index in [4.69, 9.17) is 22.1 Å². The number of aliphatic hydroxyl groups is 1. The maximum absolute atomic E-state index is 10.7. The lowest BCUT2D eigenvalue weighted by molar-refractivity contribution is 0.149. The van der Waals surface area contributed by atoms with Gasteiger partial charge < -0.3 is 15.6 Å². The van der Waals surface area contributed by atoms with E-state index in [2.05, 4.69) is 6.92 Å². The third-order valence-corrected chi connectivity index (χ3v) is 5.08. The second kappa shape index (κ2) is 7.27. The number of thiophene rings is 1. The second-order valence-corrected chi connectivity index (χ2v) is 6.47. The van der Waals surface area contributed by atoms with Crippen molar-refractivity contribution in [2.75, 3.05) is 13.7 Å². The van der Waals surface area contributed by atoms with Crippen molar-refractivity contribution in [1.29, 1.82) is 0 Å². The van der Waals surface area contributed by atoms with Crippen LogP contribution in [0.4, 0.5) is 0 Å². The van der Waals surface area contributed by atoms with Crippen molar-refractivity contribution >= 4 is 22.9 Å². The van der Waals surface area contributed by atoms with Crippen LogP contribution in [0.15, 0.2) is 30.3 Å². The van der Waals surface area contributed by atoms with Crippen LogP contribution in [-0.2, 0) is 6.42 Å². The summed E-state index contributed by atoms with van der Waals surface area (Å²) in [5.74, 6) is 0.447. The molecule has 0 amide bonds. The summed E-state index contributed by atoms with van der Waals surface area (Å²) in [5, 5.41) is 11.3. The molecule has 3 N–H and O–H groups in total. The Balaban J connectivity index is 2.36. The standard InChI is InChI=1S/C16H20ClNO2S/c1-3-11-5-7-15(21-11)16(19)13(9-18)12-8-10(17)4-6-14(12)20-2/h4-8,13,16,19H,3,9,18H2,1-2H3. The lowest BCUT2D eigenvalue weighted by Gasteiger charge is -2.23. The van der Waals surface area contributed by atoms with Crippen LogP contribution in [0.2, 0.25) is 5.02 Å². The van der Waals surface area contributed by atoms with Crippen LogP contribution in [0.5, 0.6) is 5.75 Å². The van der Waals surface area contributed by atoms with Gasteiger partial charge in [-0.1, -0.05) is 18.5 Å². The van der Waals surface area contributed by atoms with Crippen LogP contribution >= 0.6 is 22.9 Å². The number of nitrogens with two attached hydrogens (primary N) is 1. The van der Waals surface area contributed by atoms with Crippen molar-refractivity contribution < 1.29 is 9.84 Å². The van der Waals surface area contributed by atoms with E-state index in [1.165, 1.54) is 4.88 Å². The Bertz CT molecular complexity index is 600. The molecule has 0 aliphatic carbocycles. The van der Waals surface area contributed by atoms with Gasteiger partial charge in [-0.3, -0.25) is 0 Å². The minimum atomic E-state index is -0.660. The lowest BCUT2D eigenvalue weighted by atomic mass is 9.91. The van der Waals surface area contributed by atoms with E-state index in [9.17, 15) is 5.11 Å². The Labute approximate surface area is 134 Å². The SMILES string of the molecule is CCc1ccc(C(O)C(CN)c2cc(Cl)ccc2OC)s1. The highest BCUT2D eigenvalue weighted by Gasteiger charge is 2.26. The first kappa shape index (κ1) is 16.3. The van der Waals surface area contributed by atoms with Gasteiger partial charge in [0, 0.05) is 32.8 Å². The topological polar surface area (TPSA) is 55.5 Å². The summed E-state index contributed by atoms with van der Waals surface area (Å²) in [7, 11) is 1.60. The predicted molar refractivity (Wildman–Crippen MR) is 88.5 cm³/mol. The van der Waals surface area contributed by atoms with E-state index < -0.39 is 6.10 Å². The average molecular weight is 326 g/mol. The highest BCUT2D eigenvalue weighted by atomic mass is 35.5. The van der Waals surface area contributed by atoms with Gasteiger partial charge in [0.2, 0.25) is 0 Å².